The largest absolute Gasteiger partial charge is 0.497 e. The van der Waals surface area contributed by atoms with Crippen molar-refractivity contribution in [3.05, 3.63) is 24.3 Å². The highest BCUT2D eigenvalue weighted by Gasteiger charge is 2.36. The van der Waals surface area contributed by atoms with E-state index in [9.17, 15) is 14.4 Å². The van der Waals surface area contributed by atoms with Crippen molar-refractivity contribution in [1.82, 2.24) is 15.1 Å². The van der Waals surface area contributed by atoms with Crippen LogP contribution < -0.4 is 15.0 Å². The first-order chi connectivity index (χ1) is 13.4. The van der Waals surface area contributed by atoms with Gasteiger partial charge in [-0.15, -0.1) is 0 Å². The summed E-state index contributed by atoms with van der Waals surface area (Å²) in [5, 5.41) is 2.80. The number of likely N-dealkylation sites (N-methyl/N-ethyl adjacent to an activating group) is 1. The fourth-order valence-electron chi connectivity index (χ4n) is 3.59. The summed E-state index contributed by atoms with van der Waals surface area (Å²) in [7, 11) is 3.61. The lowest BCUT2D eigenvalue weighted by molar-refractivity contribution is -0.138. The summed E-state index contributed by atoms with van der Waals surface area (Å²) in [6, 6.07) is 6.58. The molecule has 2 saturated heterocycles. The van der Waals surface area contributed by atoms with E-state index in [1.807, 2.05) is 7.05 Å². The molecule has 2 aliphatic heterocycles. The van der Waals surface area contributed by atoms with Gasteiger partial charge in [-0.3, -0.25) is 14.4 Å². The molecule has 2 fully saturated rings. The fraction of sp³-hybridized carbons (Fsp3) is 0.550. The van der Waals surface area contributed by atoms with E-state index in [4.69, 9.17) is 4.74 Å². The van der Waals surface area contributed by atoms with Crippen molar-refractivity contribution in [3.8, 4) is 5.75 Å². The Bertz CT molecular complexity index is 728. The Hall–Kier alpha value is -2.61. The molecule has 0 spiro atoms. The van der Waals surface area contributed by atoms with Crippen molar-refractivity contribution in [3.63, 3.8) is 0 Å². The molecule has 3 rings (SSSR count). The molecule has 2 atom stereocenters. The van der Waals surface area contributed by atoms with Crippen LogP contribution in [0.1, 0.15) is 13.3 Å². The van der Waals surface area contributed by atoms with Crippen LogP contribution in [0.3, 0.4) is 0 Å². The minimum absolute atomic E-state index is 0.0715. The van der Waals surface area contributed by atoms with Gasteiger partial charge in [0.15, 0.2) is 0 Å². The van der Waals surface area contributed by atoms with Crippen LogP contribution >= 0.6 is 0 Å². The second-order valence-corrected chi connectivity index (χ2v) is 7.46. The van der Waals surface area contributed by atoms with Crippen molar-refractivity contribution in [2.45, 2.75) is 19.4 Å². The Morgan fingerprint density at radius 1 is 1.14 bits per heavy atom. The van der Waals surface area contributed by atoms with Crippen molar-refractivity contribution < 1.29 is 19.1 Å². The topological polar surface area (TPSA) is 82.2 Å². The van der Waals surface area contributed by atoms with Gasteiger partial charge in [-0.25, -0.2) is 0 Å². The van der Waals surface area contributed by atoms with Crippen molar-refractivity contribution >= 4 is 23.4 Å². The average molecular weight is 388 g/mol. The zero-order valence-corrected chi connectivity index (χ0v) is 16.7. The average Bonchev–Trinajstić information content (AvgIpc) is 3.10. The third kappa shape index (κ3) is 4.44. The van der Waals surface area contributed by atoms with Gasteiger partial charge in [-0.2, -0.15) is 0 Å². The highest BCUT2D eigenvalue weighted by molar-refractivity contribution is 6.01. The molecule has 0 bridgehead atoms. The number of carbonyl (C=O) groups is 3. The highest BCUT2D eigenvalue weighted by atomic mass is 16.5. The van der Waals surface area contributed by atoms with Crippen LogP contribution in [0.5, 0.6) is 5.75 Å². The normalized spacial score (nSPS) is 21.5. The standard InChI is InChI=1S/C20H28N4O4/c1-14(20(27)23-10-8-22(2)9-11-23)21-19(26)15-12-18(25)24(13-15)16-4-6-17(28-3)7-5-16/h4-7,14-15H,8-13H2,1-3H3,(H,21,26). The second-order valence-electron chi connectivity index (χ2n) is 7.46. The van der Waals surface area contributed by atoms with Crippen LogP contribution in [-0.4, -0.2) is 80.4 Å². The van der Waals surface area contributed by atoms with Crippen LogP contribution in [0.25, 0.3) is 0 Å². The second kappa shape index (κ2) is 8.60. The van der Waals surface area contributed by atoms with E-state index in [0.717, 1.165) is 18.8 Å². The minimum atomic E-state index is -0.596. The molecule has 28 heavy (non-hydrogen) atoms. The zero-order chi connectivity index (χ0) is 20.3. The third-order valence-electron chi connectivity index (χ3n) is 5.42. The Kier molecular flexibility index (Phi) is 6.18. The highest BCUT2D eigenvalue weighted by Crippen LogP contribution is 2.27. The van der Waals surface area contributed by atoms with Gasteiger partial charge in [-0.1, -0.05) is 0 Å². The zero-order valence-electron chi connectivity index (χ0n) is 16.7. The predicted octanol–water partition coefficient (Wildman–Crippen LogP) is 0.327. The Balaban J connectivity index is 1.55. The summed E-state index contributed by atoms with van der Waals surface area (Å²) >= 11 is 0. The molecular weight excluding hydrogens is 360 g/mol. The maximum absolute atomic E-state index is 12.6. The van der Waals surface area contributed by atoms with Gasteiger partial charge < -0.3 is 24.8 Å². The van der Waals surface area contributed by atoms with Gasteiger partial charge in [0, 0.05) is 44.8 Å². The van der Waals surface area contributed by atoms with E-state index in [-0.39, 0.29) is 24.1 Å². The van der Waals surface area contributed by atoms with Gasteiger partial charge in [0.1, 0.15) is 11.8 Å². The molecular formula is C20H28N4O4. The van der Waals surface area contributed by atoms with E-state index in [2.05, 4.69) is 10.2 Å². The number of ether oxygens (including phenoxy) is 1. The number of rotatable bonds is 5. The number of amides is 3. The molecule has 0 saturated carbocycles. The predicted molar refractivity (Wildman–Crippen MR) is 105 cm³/mol. The van der Waals surface area contributed by atoms with Crippen LogP contribution in [-0.2, 0) is 14.4 Å². The Morgan fingerprint density at radius 3 is 2.39 bits per heavy atom. The smallest absolute Gasteiger partial charge is 0.244 e. The number of hydrogen-bond donors (Lipinski definition) is 1. The number of hydrogen-bond acceptors (Lipinski definition) is 5. The molecule has 3 amide bonds. The summed E-state index contributed by atoms with van der Waals surface area (Å²) in [5.74, 6) is -0.168. The molecule has 0 aliphatic carbocycles. The first-order valence-corrected chi connectivity index (χ1v) is 9.61. The first-order valence-electron chi connectivity index (χ1n) is 9.61. The summed E-state index contributed by atoms with van der Waals surface area (Å²) in [6.07, 6.45) is 0.146. The fourth-order valence-corrected chi connectivity index (χ4v) is 3.59. The monoisotopic (exact) mass is 388 g/mol. The number of nitrogens with zero attached hydrogens (tertiary/aromatic N) is 3. The number of benzene rings is 1. The summed E-state index contributed by atoms with van der Waals surface area (Å²) < 4.78 is 5.13. The number of anilines is 1. The molecule has 1 aromatic carbocycles. The number of nitrogens with one attached hydrogen (secondary N) is 1. The van der Waals surface area contributed by atoms with Crippen LogP contribution in [0.2, 0.25) is 0 Å². The Labute approximate surface area is 165 Å². The van der Waals surface area contributed by atoms with Crippen molar-refractivity contribution in [2.24, 2.45) is 5.92 Å². The summed E-state index contributed by atoms with van der Waals surface area (Å²) in [4.78, 5) is 43.1. The van der Waals surface area contributed by atoms with E-state index < -0.39 is 12.0 Å². The van der Waals surface area contributed by atoms with E-state index in [0.29, 0.717) is 25.4 Å². The molecule has 152 valence electrons. The quantitative estimate of drug-likeness (QED) is 0.786. The van der Waals surface area contributed by atoms with Gasteiger partial charge in [0.05, 0.1) is 13.0 Å². The van der Waals surface area contributed by atoms with Gasteiger partial charge in [-0.05, 0) is 38.2 Å². The van der Waals surface area contributed by atoms with Crippen LogP contribution in [0.4, 0.5) is 5.69 Å². The van der Waals surface area contributed by atoms with E-state index in [1.54, 1.807) is 48.1 Å². The summed E-state index contributed by atoms with van der Waals surface area (Å²) in [6.45, 7) is 5.02. The number of carbonyl (C=O) groups excluding carboxylic acids is 3. The number of methoxy groups -OCH3 is 1. The number of piperazine rings is 1. The first kappa shape index (κ1) is 20.1. The molecule has 1 N–H and O–H groups in total. The third-order valence-corrected chi connectivity index (χ3v) is 5.42. The molecule has 1 aromatic rings. The Morgan fingerprint density at radius 2 is 1.79 bits per heavy atom. The molecule has 2 heterocycles. The minimum Gasteiger partial charge on any atom is -0.497 e. The SMILES string of the molecule is COc1ccc(N2CC(C(=O)NC(C)C(=O)N3CCN(C)CC3)CC2=O)cc1. The van der Waals surface area contributed by atoms with E-state index >= 15 is 0 Å². The lowest BCUT2D eigenvalue weighted by atomic mass is 10.1. The van der Waals surface area contributed by atoms with Crippen LogP contribution in [0, 0.1) is 5.92 Å². The maximum atomic E-state index is 12.6. The molecule has 8 nitrogen and oxygen atoms in total. The lowest BCUT2D eigenvalue weighted by Gasteiger charge is -2.34. The van der Waals surface area contributed by atoms with Gasteiger partial charge >= 0.3 is 0 Å². The molecule has 0 radical (unpaired) electrons. The van der Waals surface area contributed by atoms with Crippen molar-refractivity contribution in [2.75, 3.05) is 51.8 Å². The molecule has 2 unspecified atom stereocenters. The summed E-state index contributed by atoms with van der Waals surface area (Å²) in [5.41, 5.74) is 0.739. The molecule has 2 aliphatic rings. The van der Waals surface area contributed by atoms with Crippen LogP contribution in [0.15, 0.2) is 24.3 Å². The van der Waals surface area contributed by atoms with Gasteiger partial charge in [0.25, 0.3) is 0 Å². The van der Waals surface area contributed by atoms with Gasteiger partial charge in [0.2, 0.25) is 17.7 Å². The van der Waals surface area contributed by atoms with E-state index in [1.165, 1.54) is 0 Å². The molecule has 8 heteroatoms. The maximum Gasteiger partial charge on any atom is 0.244 e. The van der Waals surface area contributed by atoms with Crippen molar-refractivity contribution in [1.29, 1.82) is 0 Å². The lowest BCUT2D eigenvalue weighted by Crippen LogP contribution is -2.54. The molecule has 0 aromatic heterocycles.